The van der Waals surface area contributed by atoms with Crippen LogP contribution in [-0.2, 0) is 24.3 Å². The number of piperidine rings is 1. The molecule has 29 heavy (non-hydrogen) atoms. The smallest absolute Gasteiger partial charge is 0.253 e. The van der Waals surface area contributed by atoms with E-state index in [0.29, 0.717) is 18.0 Å². The zero-order chi connectivity index (χ0) is 21.0. The number of hydrogen-bond acceptors (Lipinski definition) is 3. The molecule has 0 radical (unpaired) electrons. The normalized spacial score (nSPS) is 14.8. The molecule has 2 amide bonds. The van der Waals surface area contributed by atoms with E-state index in [1.165, 1.54) is 5.56 Å². The predicted molar refractivity (Wildman–Crippen MR) is 114 cm³/mol. The Morgan fingerprint density at radius 1 is 1.17 bits per heavy atom. The van der Waals surface area contributed by atoms with Gasteiger partial charge in [-0.1, -0.05) is 12.1 Å². The minimum absolute atomic E-state index is 0.0231. The lowest BCUT2D eigenvalue weighted by atomic mass is 9.90. The van der Waals surface area contributed by atoms with Gasteiger partial charge < -0.3 is 9.80 Å². The highest BCUT2D eigenvalue weighted by molar-refractivity contribution is 5.94. The molecule has 0 spiro atoms. The highest BCUT2D eigenvalue weighted by Crippen LogP contribution is 2.22. The van der Waals surface area contributed by atoms with Gasteiger partial charge >= 0.3 is 0 Å². The van der Waals surface area contributed by atoms with Gasteiger partial charge in [0.1, 0.15) is 0 Å². The van der Waals surface area contributed by atoms with Crippen LogP contribution in [0.5, 0.6) is 0 Å². The van der Waals surface area contributed by atoms with Crippen LogP contribution in [0.25, 0.3) is 0 Å². The van der Waals surface area contributed by atoms with Crippen molar-refractivity contribution in [3.63, 3.8) is 0 Å². The first-order valence-electron chi connectivity index (χ1n) is 10.5. The number of aromatic nitrogens is 2. The molecular weight excluding hydrogens is 364 g/mol. The molecule has 1 aromatic carbocycles. The summed E-state index contributed by atoms with van der Waals surface area (Å²) in [4.78, 5) is 27.9. The molecule has 1 aromatic heterocycles. The number of hydrogen-bond donors (Lipinski definition) is 0. The SMILES string of the molecule is CCn1cc(CN(C)C(=O)c2ccc(CC3CCN(C(C)=O)CC3)cc2)c(C)n1. The van der Waals surface area contributed by atoms with Gasteiger partial charge in [-0.2, -0.15) is 5.10 Å². The number of nitrogens with zero attached hydrogens (tertiary/aromatic N) is 4. The second kappa shape index (κ2) is 9.25. The first-order chi connectivity index (χ1) is 13.9. The molecule has 0 unspecified atom stereocenters. The zero-order valence-electron chi connectivity index (χ0n) is 18.0. The third-order valence-corrected chi connectivity index (χ3v) is 5.91. The Bertz CT molecular complexity index is 848. The summed E-state index contributed by atoms with van der Waals surface area (Å²) >= 11 is 0. The van der Waals surface area contributed by atoms with Gasteiger partial charge in [-0.05, 0) is 56.7 Å². The highest BCUT2D eigenvalue weighted by Gasteiger charge is 2.21. The maximum atomic E-state index is 12.8. The van der Waals surface area contributed by atoms with Crippen molar-refractivity contribution >= 4 is 11.8 Å². The number of rotatable bonds is 6. The number of aryl methyl sites for hydroxylation is 2. The molecule has 6 heteroatoms. The van der Waals surface area contributed by atoms with Gasteiger partial charge in [0, 0.05) is 57.5 Å². The van der Waals surface area contributed by atoms with E-state index in [1.807, 2.05) is 41.9 Å². The van der Waals surface area contributed by atoms with Gasteiger partial charge in [-0.15, -0.1) is 0 Å². The lowest BCUT2D eigenvalue weighted by molar-refractivity contribution is -0.130. The van der Waals surface area contributed by atoms with Crippen LogP contribution in [0.2, 0.25) is 0 Å². The van der Waals surface area contributed by atoms with Crippen molar-refractivity contribution in [3.05, 3.63) is 52.8 Å². The van der Waals surface area contributed by atoms with E-state index in [0.717, 1.165) is 50.2 Å². The maximum Gasteiger partial charge on any atom is 0.253 e. The minimum atomic E-state index is 0.0231. The van der Waals surface area contributed by atoms with Crippen molar-refractivity contribution in [2.24, 2.45) is 5.92 Å². The van der Waals surface area contributed by atoms with E-state index in [4.69, 9.17) is 0 Å². The summed E-state index contributed by atoms with van der Waals surface area (Å²) in [7, 11) is 1.84. The molecule has 2 aromatic rings. The fourth-order valence-corrected chi connectivity index (χ4v) is 3.99. The minimum Gasteiger partial charge on any atom is -0.343 e. The molecule has 1 fully saturated rings. The van der Waals surface area contributed by atoms with Gasteiger partial charge in [0.2, 0.25) is 5.91 Å². The zero-order valence-corrected chi connectivity index (χ0v) is 18.0. The van der Waals surface area contributed by atoms with E-state index in [9.17, 15) is 9.59 Å². The van der Waals surface area contributed by atoms with Crippen LogP contribution in [0.1, 0.15) is 53.9 Å². The Kier molecular flexibility index (Phi) is 6.72. The third kappa shape index (κ3) is 5.25. The van der Waals surface area contributed by atoms with E-state index in [1.54, 1.807) is 11.8 Å². The fraction of sp³-hybridized carbons (Fsp3) is 0.522. The summed E-state index contributed by atoms with van der Waals surface area (Å²) in [6, 6.07) is 8.00. The standard InChI is InChI=1S/C23H32N4O2/c1-5-27-16-22(17(2)24-27)15-25(4)23(29)21-8-6-19(7-9-21)14-20-10-12-26(13-11-20)18(3)28/h6-9,16,20H,5,10-15H2,1-4H3. The highest BCUT2D eigenvalue weighted by atomic mass is 16.2. The fourth-order valence-electron chi connectivity index (χ4n) is 3.99. The summed E-state index contributed by atoms with van der Waals surface area (Å²) in [6.45, 7) is 8.78. The van der Waals surface area contributed by atoms with Gasteiger partial charge in [0.15, 0.2) is 0 Å². The second-order valence-electron chi connectivity index (χ2n) is 8.11. The Balaban J connectivity index is 1.55. The van der Waals surface area contributed by atoms with E-state index < -0.39 is 0 Å². The van der Waals surface area contributed by atoms with Crippen molar-refractivity contribution in [3.8, 4) is 0 Å². The van der Waals surface area contributed by atoms with Crippen LogP contribution in [0.15, 0.2) is 30.5 Å². The van der Waals surface area contributed by atoms with E-state index in [2.05, 4.69) is 24.2 Å². The predicted octanol–water partition coefficient (Wildman–Crippen LogP) is 3.28. The number of carbonyl (C=O) groups is 2. The van der Waals surface area contributed by atoms with Crippen LogP contribution < -0.4 is 0 Å². The Hall–Kier alpha value is -2.63. The van der Waals surface area contributed by atoms with Gasteiger partial charge in [0.25, 0.3) is 5.91 Å². The van der Waals surface area contributed by atoms with Crippen LogP contribution >= 0.6 is 0 Å². The second-order valence-corrected chi connectivity index (χ2v) is 8.11. The van der Waals surface area contributed by atoms with Crippen LogP contribution in [0, 0.1) is 12.8 Å². The summed E-state index contributed by atoms with van der Waals surface area (Å²) in [5, 5.41) is 4.45. The summed E-state index contributed by atoms with van der Waals surface area (Å²) in [5.74, 6) is 0.801. The molecule has 0 atom stereocenters. The Morgan fingerprint density at radius 3 is 2.38 bits per heavy atom. The molecule has 2 heterocycles. The van der Waals surface area contributed by atoms with Crippen molar-refractivity contribution in [1.82, 2.24) is 19.6 Å². The third-order valence-electron chi connectivity index (χ3n) is 5.91. The maximum absolute atomic E-state index is 12.8. The van der Waals surface area contributed by atoms with Crippen LogP contribution in [0.4, 0.5) is 0 Å². The monoisotopic (exact) mass is 396 g/mol. The molecule has 0 saturated carbocycles. The van der Waals surface area contributed by atoms with Crippen molar-refractivity contribution in [2.45, 2.75) is 53.1 Å². The average Bonchev–Trinajstić information content (AvgIpc) is 3.08. The summed E-state index contributed by atoms with van der Waals surface area (Å²) < 4.78 is 1.90. The topological polar surface area (TPSA) is 58.4 Å². The molecular formula is C23H32N4O2. The molecule has 3 rings (SSSR count). The number of carbonyl (C=O) groups excluding carboxylic acids is 2. The van der Waals surface area contributed by atoms with E-state index >= 15 is 0 Å². The Morgan fingerprint density at radius 2 is 1.83 bits per heavy atom. The quantitative estimate of drug-likeness (QED) is 0.753. The number of likely N-dealkylation sites (tertiary alicyclic amines) is 1. The summed E-state index contributed by atoms with van der Waals surface area (Å²) in [5.41, 5.74) is 4.02. The largest absolute Gasteiger partial charge is 0.343 e. The number of amides is 2. The van der Waals surface area contributed by atoms with Crippen molar-refractivity contribution < 1.29 is 9.59 Å². The number of benzene rings is 1. The first kappa shape index (κ1) is 21.1. The van der Waals surface area contributed by atoms with Crippen molar-refractivity contribution in [1.29, 1.82) is 0 Å². The first-order valence-corrected chi connectivity index (χ1v) is 10.5. The van der Waals surface area contributed by atoms with E-state index in [-0.39, 0.29) is 11.8 Å². The molecule has 0 aliphatic carbocycles. The molecule has 1 saturated heterocycles. The molecule has 1 aliphatic rings. The van der Waals surface area contributed by atoms with Crippen molar-refractivity contribution in [2.75, 3.05) is 20.1 Å². The van der Waals surface area contributed by atoms with Crippen LogP contribution in [0.3, 0.4) is 0 Å². The molecule has 0 N–H and O–H groups in total. The molecule has 156 valence electrons. The average molecular weight is 397 g/mol. The summed E-state index contributed by atoms with van der Waals surface area (Å²) in [6.07, 6.45) is 5.12. The lowest BCUT2D eigenvalue weighted by Crippen LogP contribution is -2.37. The molecule has 0 bridgehead atoms. The molecule has 6 nitrogen and oxygen atoms in total. The van der Waals surface area contributed by atoms with Crippen LogP contribution in [-0.4, -0.2) is 51.5 Å². The van der Waals surface area contributed by atoms with Gasteiger partial charge in [-0.25, -0.2) is 0 Å². The van der Waals surface area contributed by atoms with Gasteiger partial charge in [-0.3, -0.25) is 14.3 Å². The Labute approximate surface area is 173 Å². The molecule has 1 aliphatic heterocycles. The van der Waals surface area contributed by atoms with Gasteiger partial charge in [0.05, 0.1) is 5.69 Å². The lowest BCUT2D eigenvalue weighted by Gasteiger charge is -2.31.